The number of para-hydroxylation sites is 1. The van der Waals surface area contributed by atoms with Crippen molar-refractivity contribution in [1.29, 1.82) is 0 Å². The van der Waals surface area contributed by atoms with Gasteiger partial charge in [-0.3, -0.25) is 4.98 Å². The number of fused-ring (bicyclic) bond motifs is 1. The Hall–Kier alpha value is -4.08. The number of carbonyl (C=O) groups is 1. The maximum Gasteiger partial charge on any atom is 0.417 e. The van der Waals surface area contributed by atoms with Crippen LogP contribution in [0.2, 0.25) is 0 Å². The van der Waals surface area contributed by atoms with Crippen molar-refractivity contribution >= 4 is 22.9 Å². The molecule has 156 valence electrons. The summed E-state index contributed by atoms with van der Waals surface area (Å²) in [5.74, 6) is -0.434. The van der Waals surface area contributed by atoms with Gasteiger partial charge in [-0.05, 0) is 24.3 Å². The monoisotopic (exact) mass is 425 g/mol. The van der Waals surface area contributed by atoms with Crippen molar-refractivity contribution in [3.05, 3.63) is 84.0 Å². The summed E-state index contributed by atoms with van der Waals surface area (Å²) in [4.78, 5) is 20.1. The molecule has 10 heteroatoms. The summed E-state index contributed by atoms with van der Waals surface area (Å²) < 4.78 is 44.2. The largest absolute Gasteiger partial charge is 0.456 e. The molecule has 0 unspecified atom stereocenters. The number of pyridine rings is 2. The van der Waals surface area contributed by atoms with E-state index in [0.717, 1.165) is 22.5 Å². The van der Waals surface area contributed by atoms with Gasteiger partial charge in [0, 0.05) is 29.4 Å². The fourth-order valence-electron chi connectivity index (χ4n) is 2.78. The fraction of sp³-hybridized carbons (Fsp3) is 0.0952. The first-order valence-electron chi connectivity index (χ1n) is 9.03. The van der Waals surface area contributed by atoms with Crippen molar-refractivity contribution in [2.45, 2.75) is 12.8 Å². The lowest BCUT2D eigenvalue weighted by Gasteiger charge is -2.06. The van der Waals surface area contributed by atoms with E-state index in [1.54, 1.807) is 12.3 Å². The van der Waals surface area contributed by atoms with Crippen LogP contribution in [0.3, 0.4) is 0 Å². The average molecular weight is 425 g/mol. The molecule has 4 rings (SSSR count). The molecule has 0 radical (unpaired) electrons. The zero-order valence-corrected chi connectivity index (χ0v) is 15.8. The van der Waals surface area contributed by atoms with E-state index in [-0.39, 0.29) is 12.4 Å². The zero-order valence-electron chi connectivity index (χ0n) is 15.8. The number of ether oxygens (including phenoxy) is 1. The van der Waals surface area contributed by atoms with Gasteiger partial charge in [-0.2, -0.15) is 13.2 Å². The van der Waals surface area contributed by atoms with Crippen molar-refractivity contribution in [2.24, 2.45) is 0 Å². The minimum atomic E-state index is -4.47. The van der Waals surface area contributed by atoms with Gasteiger partial charge in [0.1, 0.15) is 12.3 Å². The first-order chi connectivity index (χ1) is 14.9. The molecular formula is C21H14F3N5O2. The van der Waals surface area contributed by atoms with Gasteiger partial charge in [-0.1, -0.05) is 29.5 Å². The highest BCUT2D eigenvalue weighted by Gasteiger charge is 2.30. The van der Waals surface area contributed by atoms with E-state index in [9.17, 15) is 18.0 Å². The predicted octanol–water partition coefficient (Wildman–Crippen LogP) is 3.99. The Morgan fingerprint density at radius 1 is 1.10 bits per heavy atom. The van der Waals surface area contributed by atoms with Gasteiger partial charge in [-0.15, -0.1) is 5.10 Å². The van der Waals surface area contributed by atoms with E-state index in [1.807, 2.05) is 30.3 Å². The number of alkyl halides is 3. The van der Waals surface area contributed by atoms with Crippen LogP contribution in [0.15, 0.2) is 67.1 Å². The Kier molecular flexibility index (Phi) is 5.44. The van der Waals surface area contributed by atoms with Crippen LogP contribution in [-0.4, -0.2) is 30.9 Å². The van der Waals surface area contributed by atoms with Gasteiger partial charge in [0.15, 0.2) is 5.82 Å². The second kappa shape index (κ2) is 8.34. The van der Waals surface area contributed by atoms with E-state index < -0.39 is 17.7 Å². The van der Waals surface area contributed by atoms with E-state index >= 15 is 0 Å². The second-order valence-electron chi connectivity index (χ2n) is 6.42. The van der Waals surface area contributed by atoms with Crippen molar-refractivity contribution < 1.29 is 22.7 Å². The molecule has 0 fully saturated rings. The van der Waals surface area contributed by atoms with Crippen LogP contribution in [0.1, 0.15) is 16.8 Å². The smallest absolute Gasteiger partial charge is 0.417 e. The van der Waals surface area contributed by atoms with E-state index in [1.165, 1.54) is 23.0 Å². The highest BCUT2D eigenvalue weighted by atomic mass is 19.4. The summed E-state index contributed by atoms with van der Waals surface area (Å²) in [5.41, 5.74) is 0.990. The molecule has 1 aromatic carbocycles. The Morgan fingerprint density at radius 2 is 1.94 bits per heavy atom. The number of halogens is 3. The summed E-state index contributed by atoms with van der Waals surface area (Å²) >= 11 is 0. The molecule has 0 aliphatic heterocycles. The molecule has 7 nitrogen and oxygen atoms in total. The van der Waals surface area contributed by atoms with Crippen LogP contribution in [-0.2, 0) is 22.3 Å². The summed E-state index contributed by atoms with van der Waals surface area (Å²) in [6, 6.07) is 11.5. The molecule has 3 heterocycles. The minimum absolute atomic E-state index is 0.154. The highest BCUT2D eigenvalue weighted by molar-refractivity contribution is 5.92. The topological polar surface area (TPSA) is 82.8 Å². The van der Waals surface area contributed by atoms with Gasteiger partial charge < -0.3 is 4.74 Å². The molecule has 0 amide bonds. The Bertz CT molecular complexity index is 1240. The van der Waals surface area contributed by atoms with Crippen LogP contribution in [0.5, 0.6) is 0 Å². The average Bonchev–Trinajstić information content (AvgIpc) is 3.25. The molecule has 3 aromatic heterocycles. The fourth-order valence-corrected chi connectivity index (χ4v) is 2.78. The van der Waals surface area contributed by atoms with Crippen LogP contribution < -0.4 is 0 Å². The molecule has 0 spiro atoms. The number of benzene rings is 1. The number of aromatic nitrogens is 5. The van der Waals surface area contributed by atoms with E-state index in [2.05, 4.69) is 20.3 Å². The molecular weight excluding hydrogens is 411 g/mol. The van der Waals surface area contributed by atoms with E-state index in [4.69, 9.17) is 4.74 Å². The summed E-state index contributed by atoms with van der Waals surface area (Å²) in [6.45, 7) is -0.155. The molecule has 0 atom stereocenters. The normalized spacial score (nSPS) is 11.8. The molecule has 0 aliphatic carbocycles. The third-order valence-electron chi connectivity index (χ3n) is 4.28. The lowest BCUT2D eigenvalue weighted by molar-refractivity contribution is -0.139. The van der Waals surface area contributed by atoms with Crippen LogP contribution in [0, 0.1) is 0 Å². The van der Waals surface area contributed by atoms with Crippen LogP contribution in [0.4, 0.5) is 13.2 Å². The number of carbonyl (C=O) groups excluding carboxylic acids is 1. The first-order valence-corrected chi connectivity index (χ1v) is 9.03. The number of esters is 1. The Labute approximate surface area is 173 Å². The maximum absolute atomic E-state index is 12.6. The lowest BCUT2D eigenvalue weighted by atomic mass is 10.1. The number of nitrogens with zero attached hydrogens (tertiary/aromatic N) is 5. The van der Waals surface area contributed by atoms with Crippen molar-refractivity contribution in [3.63, 3.8) is 0 Å². The number of rotatable bonds is 5. The van der Waals surface area contributed by atoms with Gasteiger partial charge in [-0.25, -0.2) is 14.5 Å². The molecule has 0 saturated carbocycles. The third kappa shape index (κ3) is 4.74. The third-order valence-corrected chi connectivity index (χ3v) is 4.28. The van der Waals surface area contributed by atoms with Crippen molar-refractivity contribution in [1.82, 2.24) is 25.0 Å². The predicted molar refractivity (Wildman–Crippen MR) is 105 cm³/mol. The van der Waals surface area contributed by atoms with Crippen LogP contribution >= 0.6 is 0 Å². The Balaban J connectivity index is 1.38. The highest BCUT2D eigenvalue weighted by Crippen LogP contribution is 2.28. The minimum Gasteiger partial charge on any atom is -0.456 e. The van der Waals surface area contributed by atoms with Crippen LogP contribution in [0.25, 0.3) is 22.8 Å². The van der Waals surface area contributed by atoms with Crippen molar-refractivity contribution in [3.8, 4) is 5.82 Å². The summed E-state index contributed by atoms with van der Waals surface area (Å²) in [6.07, 6.45) is 2.23. The van der Waals surface area contributed by atoms with Gasteiger partial charge in [0.25, 0.3) is 0 Å². The zero-order chi connectivity index (χ0) is 21.8. The Morgan fingerprint density at radius 3 is 2.71 bits per heavy atom. The molecule has 0 bridgehead atoms. The maximum atomic E-state index is 12.6. The molecule has 0 saturated heterocycles. The summed E-state index contributed by atoms with van der Waals surface area (Å²) in [5, 5.41) is 8.57. The molecule has 0 N–H and O–H groups in total. The second-order valence-corrected chi connectivity index (χ2v) is 6.42. The summed E-state index contributed by atoms with van der Waals surface area (Å²) in [7, 11) is 0. The molecule has 4 aromatic rings. The van der Waals surface area contributed by atoms with E-state index in [0.29, 0.717) is 11.9 Å². The molecule has 0 aliphatic rings. The lowest BCUT2D eigenvalue weighted by Crippen LogP contribution is -2.07. The van der Waals surface area contributed by atoms with Gasteiger partial charge in [0.2, 0.25) is 0 Å². The van der Waals surface area contributed by atoms with Crippen molar-refractivity contribution in [2.75, 3.05) is 0 Å². The van der Waals surface area contributed by atoms with Gasteiger partial charge in [0.05, 0.1) is 17.3 Å². The first kappa shape index (κ1) is 20.2. The molecule has 31 heavy (non-hydrogen) atoms. The quantitative estimate of drug-likeness (QED) is 0.355. The SMILES string of the molecule is O=C(/C=C/c1cccc2cccnc12)OCc1cn(-c2ccc(C(F)(F)F)cn2)nn1. The van der Waals surface area contributed by atoms with Gasteiger partial charge >= 0.3 is 12.1 Å². The number of hydrogen-bond acceptors (Lipinski definition) is 6. The standard InChI is InChI=1S/C21H14F3N5O2/c22-21(23,24)16-7-8-18(26-11-16)29-12-17(27-28-29)13-31-19(30)9-6-15-4-1-3-14-5-2-10-25-20(14)15/h1-12H,13H2/b9-6+. The number of hydrogen-bond donors (Lipinski definition) is 0.